The zero-order valence-corrected chi connectivity index (χ0v) is 21.4. The average molecular weight is 518 g/mol. The van der Waals surface area contributed by atoms with Crippen LogP contribution in [0.2, 0.25) is 0 Å². The SMILES string of the molecule is COc1cc(OC)cc(C(=O)C2(c3nc(-c4ccccc4)c(N4CCC(C(=O)O)CC4)s3)C=CC=N2)c1. The Bertz CT molecular complexity index is 1340. The molecule has 190 valence electrons. The van der Waals surface area contributed by atoms with E-state index >= 15 is 0 Å². The van der Waals surface area contributed by atoms with Gasteiger partial charge in [-0.1, -0.05) is 41.7 Å². The molecule has 0 radical (unpaired) electrons. The van der Waals surface area contributed by atoms with E-state index in [1.807, 2.05) is 30.3 Å². The molecule has 1 atom stereocenters. The van der Waals surface area contributed by atoms with E-state index in [0.29, 0.717) is 48.0 Å². The van der Waals surface area contributed by atoms with E-state index in [0.717, 1.165) is 16.3 Å². The molecule has 1 aromatic heterocycles. The van der Waals surface area contributed by atoms with Gasteiger partial charge in [0, 0.05) is 36.5 Å². The molecule has 0 bridgehead atoms. The van der Waals surface area contributed by atoms with Crippen molar-refractivity contribution in [1.29, 1.82) is 0 Å². The lowest BCUT2D eigenvalue weighted by Crippen LogP contribution is -2.36. The van der Waals surface area contributed by atoms with Gasteiger partial charge in [0.2, 0.25) is 5.78 Å². The summed E-state index contributed by atoms with van der Waals surface area (Å²) in [7, 11) is 3.08. The number of hydrogen-bond acceptors (Lipinski definition) is 8. The second kappa shape index (κ2) is 10.2. The number of allylic oxidation sites excluding steroid dienone is 1. The Morgan fingerprint density at radius 3 is 2.30 bits per heavy atom. The molecule has 0 aliphatic carbocycles. The Balaban J connectivity index is 1.59. The van der Waals surface area contributed by atoms with Crippen LogP contribution in [0.5, 0.6) is 11.5 Å². The third kappa shape index (κ3) is 4.62. The number of carbonyl (C=O) groups is 2. The number of rotatable bonds is 8. The number of benzene rings is 2. The minimum Gasteiger partial charge on any atom is -0.497 e. The highest BCUT2D eigenvalue weighted by atomic mass is 32.1. The van der Waals surface area contributed by atoms with Crippen molar-refractivity contribution in [3.05, 3.63) is 71.3 Å². The number of ketones is 1. The van der Waals surface area contributed by atoms with E-state index in [2.05, 4.69) is 9.89 Å². The van der Waals surface area contributed by atoms with Crippen LogP contribution >= 0.6 is 11.3 Å². The number of ether oxygens (including phenoxy) is 2. The third-order valence-electron chi connectivity index (χ3n) is 6.78. The zero-order valence-electron chi connectivity index (χ0n) is 20.6. The van der Waals surface area contributed by atoms with E-state index in [-0.39, 0.29) is 11.7 Å². The first kappa shape index (κ1) is 24.7. The summed E-state index contributed by atoms with van der Waals surface area (Å²) >= 11 is 1.43. The highest BCUT2D eigenvalue weighted by molar-refractivity contribution is 7.16. The first-order valence-corrected chi connectivity index (χ1v) is 12.8. The van der Waals surface area contributed by atoms with Crippen molar-refractivity contribution in [1.82, 2.24) is 4.98 Å². The summed E-state index contributed by atoms with van der Waals surface area (Å²) in [5.74, 6) is -0.317. The highest BCUT2D eigenvalue weighted by Crippen LogP contribution is 2.45. The molecule has 2 aliphatic heterocycles. The summed E-state index contributed by atoms with van der Waals surface area (Å²) in [6.45, 7) is 1.21. The van der Waals surface area contributed by atoms with Crippen LogP contribution in [-0.4, -0.2) is 55.4 Å². The fraction of sp³-hybridized carbons (Fsp3) is 0.286. The van der Waals surface area contributed by atoms with Crippen molar-refractivity contribution in [3.63, 3.8) is 0 Å². The maximum atomic E-state index is 14.1. The first-order valence-electron chi connectivity index (χ1n) is 12.0. The molecule has 3 heterocycles. The molecule has 1 saturated heterocycles. The van der Waals surface area contributed by atoms with Gasteiger partial charge in [0.1, 0.15) is 27.2 Å². The minimum absolute atomic E-state index is 0.237. The molecule has 1 N–H and O–H groups in total. The number of carbonyl (C=O) groups excluding carboxylic acids is 1. The second-order valence-corrected chi connectivity index (χ2v) is 9.95. The first-order chi connectivity index (χ1) is 17.9. The van der Waals surface area contributed by atoms with Crippen molar-refractivity contribution >= 4 is 34.3 Å². The molecule has 1 fully saturated rings. The van der Waals surface area contributed by atoms with E-state index in [9.17, 15) is 14.7 Å². The van der Waals surface area contributed by atoms with Crippen LogP contribution in [0.1, 0.15) is 28.2 Å². The molecule has 2 aromatic carbocycles. The molecule has 2 aliphatic rings. The molecule has 8 nitrogen and oxygen atoms in total. The number of hydrogen-bond donors (Lipinski definition) is 1. The van der Waals surface area contributed by atoms with Gasteiger partial charge < -0.3 is 19.5 Å². The summed E-state index contributed by atoms with van der Waals surface area (Å²) in [6, 6.07) is 14.9. The summed E-state index contributed by atoms with van der Waals surface area (Å²) in [5.41, 5.74) is 0.779. The van der Waals surface area contributed by atoms with Crippen molar-refractivity contribution in [3.8, 4) is 22.8 Å². The molecule has 1 unspecified atom stereocenters. The molecular formula is C28H27N3O5S. The Labute approximate surface area is 218 Å². The summed E-state index contributed by atoms with van der Waals surface area (Å²) in [4.78, 5) is 37.4. The summed E-state index contributed by atoms with van der Waals surface area (Å²) < 4.78 is 10.8. The number of anilines is 1. The molecule has 0 saturated carbocycles. The van der Waals surface area contributed by atoms with E-state index in [4.69, 9.17) is 14.5 Å². The molecule has 0 amide bonds. The molecular weight excluding hydrogens is 490 g/mol. The lowest BCUT2D eigenvalue weighted by Gasteiger charge is -2.31. The zero-order chi connectivity index (χ0) is 26.0. The van der Waals surface area contributed by atoms with E-state index < -0.39 is 11.5 Å². The van der Waals surface area contributed by atoms with Crippen LogP contribution in [0, 0.1) is 5.92 Å². The van der Waals surface area contributed by atoms with Crippen molar-refractivity contribution in [2.75, 3.05) is 32.2 Å². The fourth-order valence-electron chi connectivity index (χ4n) is 4.71. The van der Waals surface area contributed by atoms with Crippen molar-refractivity contribution < 1.29 is 24.2 Å². The topological polar surface area (TPSA) is 101 Å². The number of piperidine rings is 1. The lowest BCUT2D eigenvalue weighted by molar-refractivity contribution is -0.142. The number of methoxy groups -OCH3 is 2. The van der Waals surface area contributed by atoms with Gasteiger partial charge in [-0.15, -0.1) is 0 Å². The minimum atomic E-state index is -1.32. The van der Waals surface area contributed by atoms with Gasteiger partial charge >= 0.3 is 5.97 Å². The van der Waals surface area contributed by atoms with Crippen LogP contribution < -0.4 is 14.4 Å². The predicted molar refractivity (Wildman–Crippen MR) is 143 cm³/mol. The number of carboxylic acid groups (broad SMARTS) is 1. The lowest BCUT2D eigenvalue weighted by atomic mass is 9.90. The molecule has 5 rings (SSSR count). The Morgan fingerprint density at radius 2 is 1.73 bits per heavy atom. The van der Waals surface area contributed by atoms with Gasteiger partial charge in [-0.25, -0.2) is 4.98 Å². The molecule has 0 spiro atoms. The molecule has 3 aromatic rings. The van der Waals surface area contributed by atoms with Crippen LogP contribution in [0.15, 0.2) is 65.7 Å². The van der Waals surface area contributed by atoms with Gasteiger partial charge in [0.05, 0.1) is 20.1 Å². The van der Waals surface area contributed by atoms with Crippen LogP contribution in [0.25, 0.3) is 11.3 Å². The Hall–Kier alpha value is -3.98. The molecule has 37 heavy (non-hydrogen) atoms. The van der Waals surface area contributed by atoms with Gasteiger partial charge in [-0.3, -0.25) is 14.6 Å². The van der Waals surface area contributed by atoms with Crippen LogP contribution in [0.4, 0.5) is 5.00 Å². The number of aromatic nitrogens is 1. The van der Waals surface area contributed by atoms with Crippen LogP contribution in [-0.2, 0) is 10.3 Å². The standard InChI is InChI=1S/C28H27N3O5S/c1-35-21-15-20(16-22(17-21)36-2)24(32)28(11-6-12-29-28)27-30-23(18-7-4-3-5-8-18)25(37-27)31-13-9-19(10-14-31)26(33)34/h3-8,11-12,15-17,19H,9-10,13-14H2,1-2H3,(H,33,34). The Kier molecular flexibility index (Phi) is 6.80. The third-order valence-corrected chi connectivity index (χ3v) is 8.02. The van der Waals surface area contributed by atoms with E-state index in [1.165, 1.54) is 11.3 Å². The normalized spacial score (nSPS) is 19.2. The maximum absolute atomic E-state index is 14.1. The quantitative estimate of drug-likeness (QED) is 0.426. The van der Waals surface area contributed by atoms with Gasteiger partial charge in [-0.05, 0) is 37.1 Å². The summed E-state index contributed by atoms with van der Waals surface area (Å²) in [5, 5.41) is 10.9. The average Bonchev–Trinajstić information content (AvgIpc) is 3.62. The van der Waals surface area contributed by atoms with Gasteiger partial charge in [0.15, 0.2) is 5.54 Å². The summed E-state index contributed by atoms with van der Waals surface area (Å²) in [6.07, 6.45) is 6.27. The number of aliphatic imine (C=N–C) groups is 1. The monoisotopic (exact) mass is 517 g/mol. The van der Waals surface area contributed by atoms with Gasteiger partial charge in [0.25, 0.3) is 0 Å². The molecule has 9 heteroatoms. The van der Waals surface area contributed by atoms with Crippen molar-refractivity contribution in [2.45, 2.75) is 18.4 Å². The highest BCUT2D eigenvalue weighted by Gasteiger charge is 2.44. The Morgan fingerprint density at radius 1 is 1.05 bits per heavy atom. The predicted octanol–water partition coefficient (Wildman–Crippen LogP) is 4.85. The fourth-order valence-corrected chi connectivity index (χ4v) is 5.97. The van der Waals surface area contributed by atoms with Crippen LogP contribution in [0.3, 0.4) is 0 Å². The number of carboxylic acids is 1. The number of thiazole rings is 1. The second-order valence-electron chi connectivity index (χ2n) is 8.97. The van der Waals surface area contributed by atoms with Gasteiger partial charge in [-0.2, -0.15) is 0 Å². The smallest absolute Gasteiger partial charge is 0.306 e. The van der Waals surface area contributed by atoms with Crippen molar-refractivity contribution in [2.24, 2.45) is 10.9 Å². The number of Topliss-reactive ketones (excluding diaryl/α,β-unsaturated/α-hetero) is 1. The number of aliphatic carboxylic acids is 1. The largest absolute Gasteiger partial charge is 0.497 e. The maximum Gasteiger partial charge on any atom is 0.306 e. The van der Waals surface area contributed by atoms with E-state index in [1.54, 1.807) is 50.8 Å². The number of nitrogens with zero attached hydrogens (tertiary/aromatic N) is 3.